The van der Waals surface area contributed by atoms with Crippen LogP contribution in [0.1, 0.15) is 36.6 Å². The number of hydrogen-bond donors (Lipinski definition) is 0. The van der Waals surface area contributed by atoms with Gasteiger partial charge in [-0.15, -0.1) is 0 Å². The first-order chi connectivity index (χ1) is 15.7. The molecule has 0 bridgehead atoms. The first-order valence-corrected chi connectivity index (χ1v) is 11.9. The smallest absolute Gasteiger partial charge is 0.319 e. The van der Waals surface area contributed by atoms with Crippen LogP contribution < -0.4 is 0 Å². The van der Waals surface area contributed by atoms with Gasteiger partial charge < -0.3 is 4.57 Å². The number of nitriles is 1. The van der Waals surface area contributed by atoms with E-state index in [4.69, 9.17) is 23.2 Å². The largest absolute Gasteiger partial charge is 0.418 e. The van der Waals surface area contributed by atoms with E-state index in [1.54, 1.807) is 19.9 Å². The second-order valence-corrected chi connectivity index (χ2v) is 10.4. The molecule has 34 heavy (non-hydrogen) atoms. The molecule has 3 rings (SSSR count). The van der Waals surface area contributed by atoms with Crippen LogP contribution >= 0.6 is 23.2 Å². The molecule has 178 valence electrons. The molecule has 0 spiro atoms. The highest BCUT2D eigenvalue weighted by molar-refractivity contribution is 7.95. The predicted octanol–water partition coefficient (Wildman–Crippen LogP) is 7.40. The molecule has 1 heterocycles. The molecular weight excluding hydrogens is 515 g/mol. The van der Waals surface area contributed by atoms with Crippen LogP contribution in [0.4, 0.5) is 17.6 Å². The summed E-state index contributed by atoms with van der Waals surface area (Å²) in [5, 5.41) is 9.64. The number of benzene rings is 2. The predicted molar refractivity (Wildman–Crippen MR) is 122 cm³/mol. The highest BCUT2D eigenvalue weighted by Crippen LogP contribution is 2.37. The van der Waals surface area contributed by atoms with Crippen molar-refractivity contribution in [3.8, 4) is 11.8 Å². The van der Waals surface area contributed by atoms with Gasteiger partial charge in [0.05, 0.1) is 16.1 Å². The zero-order chi connectivity index (χ0) is 25.4. The Kier molecular flexibility index (Phi) is 7.18. The second kappa shape index (κ2) is 9.45. The van der Waals surface area contributed by atoms with Gasteiger partial charge in [-0.05, 0) is 60.0 Å². The van der Waals surface area contributed by atoms with Crippen molar-refractivity contribution in [3.05, 3.63) is 86.2 Å². The molecule has 1 aromatic heterocycles. The maximum Gasteiger partial charge on any atom is 0.418 e. The summed E-state index contributed by atoms with van der Waals surface area (Å²) in [6.07, 6.45) is -2.53. The molecule has 0 radical (unpaired) electrons. The Bertz CT molecular complexity index is 1420. The van der Waals surface area contributed by atoms with Crippen molar-refractivity contribution in [2.24, 2.45) is 0 Å². The molecule has 0 saturated heterocycles. The summed E-state index contributed by atoms with van der Waals surface area (Å²) in [5.74, 6) is -1.34. The lowest BCUT2D eigenvalue weighted by atomic mass is 10.1. The van der Waals surface area contributed by atoms with Crippen molar-refractivity contribution < 1.29 is 26.0 Å². The summed E-state index contributed by atoms with van der Waals surface area (Å²) >= 11 is 11.8. The molecule has 0 aliphatic heterocycles. The van der Waals surface area contributed by atoms with Crippen LogP contribution in [0.2, 0.25) is 10.0 Å². The lowest BCUT2D eigenvalue weighted by Gasteiger charge is -2.17. The zero-order valence-electron chi connectivity index (χ0n) is 17.7. The lowest BCUT2D eigenvalue weighted by molar-refractivity contribution is -0.137. The number of hydrogen-bond acceptors (Lipinski definition) is 3. The minimum Gasteiger partial charge on any atom is -0.319 e. The third kappa shape index (κ3) is 5.30. The zero-order valence-corrected chi connectivity index (χ0v) is 20.0. The maximum atomic E-state index is 13.6. The van der Waals surface area contributed by atoms with Crippen LogP contribution in [-0.4, -0.2) is 13.0 Å². The fourth-order valence-corrected chi connectivity index (χ4v) is 5.20. The van der Waals surface area contributed by atoms with Crippen LogP contribution in [0.15, 0.2) is 58.5 Å². The van der Waals surface area contributed by atoms with E-state index in [2.05, 4.69) is 0 Å². The van der Waals surface area contributed by atoms with E-state index in [1.807, 2.05) is 0 Å². The number of rotatable bonds is 5. The lowest BCUT2D eigenvalue weighted by Crippen LogP contribution is -2.12. The Labute approximate surface area is 203 Å². The topological polar surface area (TPSA) is 62.9 Å². The number of sulfone groups is 1. The standard InChI is InChI=1S/C23H16Cl2F4N2O2S/c1-13(2)22-6-14(12-31(22)21-4-3-17(26)10-20(21)23(27,28)29)5-19(11-30)34(32,33)18-8-15(24)7-16(25)9-18/h3-10,12-13H,1-2H3/b19-5+. The van der Waals surface area contributed by atoms with Gasteiger partial charge in [-0.2, -0.15) is 18.4 Å². The average molecular weight is 531 g/mol. The molecule has 3 aromatic rings. The van der Waals surface area contributed by atoms with Crippen LogP contribution in [-0.2, 0) is 16.0 Å². The summed E-state index contributed by atoms with van der Waals surface area (Å²) in [6.45, 7) is 3.46. The van der Waals surface area contributed by atoms with Crippen LogP contribution in [0.5, 0.6) is 0 Å². The van der Waals surface area contributed by atoms with Gasteiger partial charge in [0.25, 0.3) is 0 Å². The van der Waals surface area contributed by atoms with E-state index in [0.717, 1.165) is 30.3 Å². The molecular formula is C23H16Cl2F4N2O2S. The molecule has 0 unspecified atom stereocenters. The molecule has 0 aliphatic carbocycles. The van der Waals surface area contributed by atoms with Gasteiger partial charge in [-0.3, -0.25) is 0 Å². The highest BCUT2D eigenvalue weighted by atomic mass is 35.5. The molecule has 0 N–H and O–H groups in total. The third-order valence-corrected chi connectivity index (χ3v) is 6.91. The normalized spacial score (nSPS) is 12.8. The Balaban J connectivity index is 2.20. The number of alkyl halides is 3. The quantitative estimate of drug-likeness (QED) is 0.255. The van der Waals surface area contributed by atoms with Crippen molar-refractivity contribution in [2.45, 2.75) is 30.8 Å². The van der Waals surface area contributed by atoms with Crippen molar-refractivity contribution in [1.29, 1.82) is 5.26 Å². The van der Waals surface area contributed by atoms with Gasteiger partial charge in [0, 0.05) is 21.9 Å². The summed E-state index contributed by atoms with van der Waals surface area (Å²) < 4.78 is 81.5. The van der Waals surface area contributed by atoms with Crippen LogP contribution in [0, 0.1) is 17.1 Å². The van der Waals surface area contributed by atoms with Crippen molar-refractivity contribution in [1.82, 2.24) is 4.57 Å². The minimum absolute atomic E-state index is 0.0487. The van der Waals surface area contributed by atoms with Crippen LogP contribution in [0.25, 0.3) is 11.8 Å². The number of aromatic nitrogens is 1. The van der Waals surface area contributed by atoms with Gasteiger partial charge in [0.15, 0.2) is 0 Å². The van der Waals surface area contributed by atoms with Gasteiger partial charge in [0.1, 0.15) is 16.8 Å². The molecule has 0 amide bonds. The molecule has 0 fully saturated rings. The summed E-state index contributed by atoms with van der Waals surface area (Å²) in [5.41, 5.74) is -0.972. The molecule has 2 aromatic carbocycles. The number of nitrogens with zero attached hydrogens (tertiary/aromatic N) is 2. The highest BCUT2D eigenvalue weighted by Gasteiger charge is 2.35. The Morgan fingerprint density at radius 3 is 2.24 bits per heavy atom. The Hall–Kier alpha value is -2.80. The monoisotopic (exact) mass is 530 g/mol. The van der Waals surface area contributed by atoms with Crippen LogP contribution in [0.3, 0.4) is 0 Å². The molecule has 0 saturated carbocycles. The second-order valence-electron chi connectivity index (χ2n) is 7.61. The first kappa shape index (κ1) is 25.8. The summed E-state index contributed by atoms with van der Waals surface area (Å²) in [6, 6.07) is 8.96. The fraction of sp³-hybridized carbons (Fsp3) is 0.174. The third-order valence-electron chi connectivity index (χ3n) is 4.83. The Morgan fingerprint density at radius 2 is 1.71 bits per heavy atom. The molecule has 11 heteroatoms. The van der Waals surface area contributed by atoms with Crippen molar-refractivity contribution >= 4 is 39.1 Å². The number of allylic oxidation sites excluding steroid dienone is 1. The maximum absolute atomic E-state index is 13.6. The van der Waals surface area contributed by atoms with E-state index in [1.165, 1.54) is 22.9 Å². The minimum atomic E-state index is -4.83. The van der Waals surface area contributed by atoms with E-state index in [9.17, 15) is 31.2 Å². The van der Waals surface area contributed by atoms with Crippen molar-refractivity contribution in [3.63, 3.8) is 0 Å². The summed E-state index contributed by atoms with van der Waals surface area (Å²) in [4.78, 5) is -0.965. The van der Waals surface area contributed by atoms with Gasteiger partial charge in [0.2, 0.25) is 9.84 Å². The van der Waals surface area contributed by atoms with Gasteiger partial charge in [-0.1, -0.05) is 37.0 Å². The molecule has 0 atom stereocenters. The average Bonchev–Trinajstić information content (AvgIpc) is 3.14. The van der Waals surface area contributed by atoms with Crippen molar-refractivity contribution in [2.75, 3.05) is 0 Å². The fourth-order valence-electron chi connectivity index (χ4n) is 3.31. The molecule has 0 aliphatic rings. The number of halogens is 6. The summed E-state index contributed by atoms with van der Waals surface area (Å²) in [7, 11) is -4.33. The van der Waals surface area contributed by atoms with E-state index >= 15 is 0 Å². The van der Waals surface area contributed by atoms with E-state index < -0.39 is 32.3 Å². The molecule has 4 nitrogen and oxygen atoms in total. The van der Waals surface area contributed by atoms with E-state index in [0.29, 0.717) is 11.8 Å². The van der Waals surface area contributed by atoms with Gasteiger partial charge in [-0.25, -0.2) is 12.8 Å². The Morgan fingerprint density at radius 1 is 1.09 bits per heavy atom. The van der Waals surface area contributed by atoms with Gasteiger partial charge >= 0.3 is 6.18 Å². The van der Waals surface area contributed by atoms with E-state index in [-0.39, 0.29) is 32.1 Å². The SMILES string of the molecule is CC(C)c1cc(/C=C(\C#N)S(=O)(=O)c2cc(Cl)cc(Cl)c2)cn1-c1ccc(F)cc1C(F)(F)F. The first-order valence-electron chi connectivity index (χ1n) is 9.66.